The quantitative estimate of drug-likeness (QED) is 0.116. The molecule has 8 bridgehead atoms. The van der Waals surface area contributed by atoms with E-state index in [1.807, 2.05) is 36.5 Å². The highest BCUT2D eigenvalue weighted by Gasteiger charge is 2.59. The number of hydrogen-bond acceptors (Lipinski definition) is 12. The van der Waals surface area contributed by atoms with E-state index < -0.39 is 48.7 Å². The average molecular weight is 895 g/mol. The summed E-state index contributed by atoms with van der Waals surface area (Å²) in [5, 5.41) is 59.7. The molecule has 1 saturated heterocycles. The zero-order valence-corrected chi connectivity index (χ0v) is 36.3. The van der Waals surface area contributed by atoms with E-state index in [2.05, 4.69) is 23.1 Å². The number of nitrogens with one attached hydrogen (secondary N) is 1. The molecule has 2 aliphatic carbocycles. The van der Waals surface area contributed by atoms with E-state index in [9.17, 15) is 30.3 Å². The zero-order chi connectivity index (χ0) is 45.4. The summed E-state index contributed by atoms with van der Waals surface area (Å²) in [6, 6.07) is 13.1. The maximum atomic E-state index is 15.1. The van der Waals surface area contributed by atoms with Crippen molar-refractivity contribution in [2.24, 2.45) is 5.92 Å². The zero-order valence-electron chi connectivity index (χ0n) is 36.3. The van der Waals surface area contributed by atoms with Gasteiger partial charge in [0.2, 0.25) is 6.29 Å². The molecule has 8 atom stereocenters. The summed E-state index contributed by atoms with van der Waals surface area (Å²) in [6.45, 7) is -1.37. The van der Waals surface area contributed by atoms with E-state index in [0.717, 1.165) is 46.9 Å². The first-order valence-corrected chi connectivity index (χ1v) is 22.6. The number of aromatic hydroxyl groups is 1. The number of ether oxygens (including phenoxy) is 5. The third kappa shape index (κ3) is 6.71. The van der Waals surface area contributed by atoms with Crippen LogP contribution in [0.25, 0.3) is 33.8 Å². The van der Waals surface area contributed by atoms with E-state index in [0.29, 0.717) is 46.2 Å². The number of rotatable bonds is 6. The normalized spacial score (nSPS) is 28.1. The summed E-state index contributed by atoms with van der Waals surface area (Å²) in [4.78, 5) is 34.0. The van der Waals surface area contributed by atoms with E-state index in [1.54, 1.807) is 30.4 Å². The summed E-state index contributed by atoms with van der Waals surface area (Å²) in [6.07, 6.45) is 9.07. The molecule has 14 nitrogen and oxygen atoms in total. The number of aliphatic hydroxyl groups excluding tert-OH is 3. The van der Waals surface area contributed by atoms with E-state index in [4.69, 9.17) is 23.7 Å². The van der Waals surface area contributed by atoms with Gasteiger partial charge in [0.05, 0.1) is 43.4 Å². The molecule has 5 aromatic rings. The minimum absolute atomic E-state index is 0.0463. The largest absolute Gasteiger partial charge is 0.506 e. The van der Waals surface area contributed by atoms with Crippen molar-refractivity contribution in [2.75, 3.05) is 33.5 Å². The highest BCUT2D eigenvalue weighted by molar-refractivity contribution is 6.14. The Labute approximate surface area is 380 Å². The van der Waals surface area contributed by atoms with Gasteiger partial charge < -0.3 is 59.1 Å². The summed E-state index contributed by atoms with van der Waals surface area (Å²) in [5.41, 5.74) is 3.79. The highest BCUT2D eigenvalue weighted by Crippen LogP contribution is 2.55. The van der Waals surface area contributed by atoms with Crippen LogP contribution < -0.4 is 9.47 Å². The van der Waals surface area contributed by atoms with Crippen molar-refractivity contribution in [1.82, 2.24) is 9.88 Å². The number of phenolic OH excluding ortho intramolecular Hbond substituents is 1. The molecule has 6 aliphatic rings. The van der Waals surface area contributed by atoms with Crippen LogP contribution in [0, 0.1) is 17.9 Å². The van der Waals surface area contributed by atoms with Gasteiger partial charge in [0, 0.05) is 53.2 Å². The number of aryl methyl sites for hydroxylation is 1. The van der Waals surface area contributed by atoms with Gasteiger partial charge >= 0.3 is 0 Å². The second-order valence-corrected chi connectivity index (χ2v) is 18.2. The van der Waals surface area contributed by atoms with Crippen molar-refractivity contribution in [3.05, 3.63) is 111 Å². The smallest absolute Gasteiger partial charge is 0.254 e. The van der Waals surface area contributed by atoms with Crippen LogP contribution >= 0.6 is 0 Å². The van der Waals surface area contributed by atoms with Crippen molar-refractivity contribution < 1.29 is 58.8 Å². The monoisotopic (exact) mass is 894 g/mol. The van der Waals surface area contributed by atoms with Crippen molar-refractivity contribution in [2.45, 2.75) is 87.3 Å². The number of ketones is 1. The predicted molar refractivity (Wildman–Crippen MR) is 242 cm³/mol. The molecule has 11 rings (SSSR count). The number of methoxy groups -OCH3 is 1. The van der Waals surface area contributed by atoms with Crippen LogP contribution in [0.5, 0.6) is 17.2 Å². The number of carbonyl (C=O) groups excluding carboxylic acids is 2. The molecule has 1 saturated carbocycles. The molecule has 4 aromatic carbocycles. The Kier molecular flexibility index (Phi) is 10.7. The summed E-state index contributed by atoms with van der Waals surface area (Å²) < 4.78 is 32.1. The third-order valence-electron chi connectivity index (χ3n) is 14.5. The second kappa shape index (κ2) is 16.6. The number of aliphatic hydroxyl groups is 4. The Morgan fingerprint density at radius 2 is 1.89 bits per heavy atom. The van der Waals surface area contributed by atoms with Crippen molar-refractivity contribution in [1.29, 1.82) is 0 Å². The Hall–Kier alpha value is -6.18. The lowest BCUT2D eigenvalue weighted by Crippen LogP contribution is -2.70. The first-order valence-electron chi connectivity index (χ1n) is 22.6. The Bertz CT molecular complexity index is 2940. The first-order chi connectivity index (χ1) is 32.1. The van der Waals surface area contributed by atoms with Crippen molar-refractivity contribution >= 4 is 45.5 Å². The molecule has 2 fully saturated rings. The van der Waals surface area contributed by atoms with E-state index >= 15 is 4.79 Å². The number of aromatic nitrogens is 1. The Morgan fingerprint density at radius 1 is 1.03 bits per heavy atom. The number of phenols is 1. The van der Waals surface area contributed by atoms with Crippen LogP contribution in [0.1, 0.15) is 97.4 Å². The molecular formula is C52H50N2O12. The molecule has 1 amide bonds. The van der Waals surface area contributed by atoms with Crippen LogP contribution in [0.2, 0.25) is 0 Å². The van der Waals surface area contributed by atoms with Gasteiger partial charge in [0.1, 0.15) is 41.7 Å². The summed E-state index contributed by atoms with van der Waals surface area (Å²) >= 11 is 0. The number of Topliss-reactive ketones (excluding diaryl/α,β-unsaturated/α-hetero) is 1. The van der Waals surface area contributed by atoms with Crippen LogP contribution in [0.4, 0.5) is 0 Å². The number of nitrogens with zero attached hydrogens (tertiary/aromatic N) is 1. The lowest BCUT2D eigenvalue weighted by molar-refractivity contribution is -0.328. The predicted octanol–water partition coefficient (Wildman–Crippen LogP) is 5.58. The molecule has 1 aromatic heterocycles. The Morgan fingerprint density at radius 3 is 2.73 bits per heavy atom. The van der Waals surface area contributed by atoms with E-state index in [1.165, 1.54) is 12.0 Å². The molecule has 5 heterocycles. The van der Waals surface area contributed by atoms with Crippen LogP contribution in [-0.4, -0.2) is 111 Å². The number of hydrogen-bond donors (Lipinski definition) is 6. The van der Waals surface area contributed by atoms with Gasteiger partial charge in [-0.15, -0.1) is 0 Å². The summed E-state index contributed by atoms with van der Waals surface area (Å²) in [5.74, 6) is 2.15. The van der Waals surface area contributed by atoms with Gasteiger partial charge in [0.25, 0.3) is 5.91 Å². The number of benzene rings is 4. The molecule has 0 radical (unpaired) electrons. The molecule has 4 aliphatic heterocycles. The number of allylic oxidation sites excluding steroid dienone is 1. The highest BCUT2D eigenvalue weighted by atomic mass is 16.7. The molecule has 0 unspecified atom stereocenters. The van der Waals surface area contributed by atoms with Crippen LogP contribution in [0.3, 0.4) is 0 Å². The third-order valence-corrected chi connectivity index (χ3v) is 14.5. The SMILES string of the molecule is COc1cc2c3c(c4c(O)c2c2c1/C=C/[C@H](c1c[nH]c5ccc(CCCO)cc15)OC[C@H]1O[C@H](O2)[C@@](O)(CO)[C@@H](OC#CCc2cccc5c2CN(CC4=O)C5=O)[C@@H]1O)[C@H]1CCC[C@@H]1C=C3. The maximum absolute atomic E-state index is 15.1. The van der Waals surface area contributed by atoms with Gasteiger partial charge in [-0.2, -0.15) is 0 Å². The lowest BCUT2D eigenvalue weighted by atomic mass is 9.75. The Balaban J connectivity index is 1.18. The van der Waals surface area contributed by atoms with Crippen LogP contribution in [-0.2, 0) is 33.6 Å². The van der Waals surface area contributed by atoms with E-state index in [-0.39, 0.29) is 78.5 Å². The summed E-state index contributed by atoms with van der Waals surface area (Å²) in [7, 11) is 1.51. The lowest BCUT2D eigenvalue weighted by Gasteiger charge is -2.47. The van der Waals surface area contributed by atoms with Crippen LogP contribution in [0.15, 0.2) is 60.8 Å². The molecular weight excluding hydrogens is 845 g/mol. The topological polar surface area (TPSA) is 200 Å². The average Bonchev–Trinajstić information content (AvgIpc) is 4.06. The maximum Gasteiger partial charge on any atom is 0.254 e. The van der Waals surface area contributed by atoms with Gasteiger partial charge in [-0.05, 0) is 95.7 Å². The fourth-order valence-corrected chi connectivity index (χ4v) is 11.1. The van der Waals surface area contributed by atoms with Gasteiger partial charge in [-0.25, -0.2) is 0 Å². The first kappa shape index (κ1) is 42.5. The standard InChI is InChI=1S/C52H50N2O12/c1-62-41-21-35-31-14-13-29-8-2-10-30(29)43(31)45-39(57)24-54-23-37-28(7-3-11-32(37)50(54)60)9-5-19-63-49-46(58)42-25-64-40(36-22-53-38-16-12-27(6-4-18-55)20-34(36)38)17-15-33(41)48(44(35)47(45)59)66-51(65-42)52(49,61)26-56/h3,7,11-17,20-22,29-30,40,42,46,49,51,53,55-56,58-59,61H,2,4,6,8-10,18,23-26H2,1H3/b17-15+/t29-,30+,40-,42-,46-,49+,51-,52-/m1/s1. The van der Waals surface area contributed by atoms with Crippen molar-refractivity contribution in [3.8, 4) is 29.3 Å². The molecule has 66 heavy (non-hydrogen) atoms. The van der Waals surface area contributed by atoms with Gasteiger partial charge in [0.15, 0.2) is 17.5 Å². The number of fused-ring (bicyclic) bond motifs is 10. The van der Waals surface area contributed by atoms with Gasteiger partial charge in [-0.1, -0.05) is 48.8 Å². The minimum atomic E-state index is -2.47. The number of carbonyl (C=O) groups is 2. The fourth-order valence-electron chi connectivity index (χ4n) is 11.1. The fraction of sp³-hybridized carbons (Fsp3) is 0.385. The molecule has 6 N–H and O–H groups in total. The second-order valence-electron chi connectivity index (χ2n) is 18.2. The number of aromatic amines is 1. The molecule has 0 spiro atoms. The molecule has 14 heteroatoms. The number of amides is 1. The van der Waals surface area contributed by atoms with Gasteiger partial charge in [-0.3, -0.25) is 9.59 Å². The van der Waals surface area contributed by atoms with Crippen molar-refractivity contribution in [3.63, 3.8) is 0 Å². The number of H-pyrrole nitrogens is 1. The molecule has 340 valence electrons. The minimum Gasteiger partial charge on any atom is -0.506 e.